The quantitative estimate of drug-likeness (QED) is 0.749. The molecular weight excluding hydrogens is 345 g/mol. The third-order valence-corrected chi connectivity index (χ3v) is 4.39. The molecular formula is C15H14BrCl2N. The van der Waals surface area contributed by atoms with E-state index in [1.54, 1.807) is 0 Å². The molecule has 4 heteroatoms. The Kier molecular flexibility index (Phi) is 5.28. The Morgan fingerprint density at radius 1 is 1.16 bits per heavy atom. The molecule has 0 aliphatic heterocycles. The van der Waals surface area contributed by atoms with Gasteiger partial charge in [-0.2, -0.15) is 0 Å². The number of hydrogen-bond donors (Lipinski definition) is 1. The van der Waals surface area contributed by atoms with Gasteiger partial charge in [-0.15, -0.1) is 0 Å². The van der Waals surface area contributed by atoms with E-state index in [0.717, 1.165) is 21.1 Å². The van der Waals surface area contributed by atoms with Gasteiger partial charge in [-0.05, 0) is 58.2 Å². The van der Waals surface area contributed by atoms with Gasteiger partial charge in [-0.25, -0.2) is 0 Å². The van der Waals surface area contributed by atoms with Crippen LogP contribution in [-0.2, 0) is 6.54 Å². The van der Waals surface area contributed by atoms with Crippen LogP contribution in [0.5, 0.6) is 0 Å². The highest BCUT2D eigenvalue weighted by atomic mass is 79.9. The van der Waals surface area contributed by atoms with E-state index in [9.17, 15) is 0 Å². The van der Waals surface area contributed by atoms with Crippen molar-refractivity contribution in [1.29, 1.82) is 0 Å². The van der Waals surface area contributed by atoms with Gasteiger partial charge in [-0.3, -0.25) is 0 Å². The largest absolute Gasteiger partial charge is 0.306 e. The highest BCUT2D eigenvalue weighted by molar-refractivity contribution is 9.10. The molecule has 0 aliphatic rings. The van der Waals surface area contributed by atoms with Gasteiger partial charge in [0.2, 0.25) is 0 Å². The standard InChI is InChI=1S/C15H14BrCl2N/c1-10(12-3-2-4-13(17)8-12)19-9-11-5-6-15(18)14(16)7-11/h2-8,10,19H,9H2,1H3/t10-/m0/s1. The molecule has 0 saturated heterocycles. The summed E-state index contributed by atoms with van der Waals surface area (Å²) in [4.78, 5) is 0. The molecule has 0 fully saturated rings. The predicted molar refractivity (Wildman–Crippen MR) is 85.9 cm³/mol. The summed E-state index contributed by atoms with van der Waals surface area (Å²) in [6.07, 6.45) is 0. The maximum Gasteiger partial charge on any atom is 0.0548 e. The van der Waals surface area contributed by atoms with Crippen molar-refractivity contribution < 1.29 is 0 Å². The second-order valence-corrected chi connectivity index (χ2v) is 6.10. The minimum absolute atomic E-state index is 0.244. The van der Waals surface area contributed by atoms with Gasteiger partial charge >= 0.3 is 0 Å². The first-order chi connectivity index (χ1) is 9.06. The number of rotatable bonds is 4. The second-order valence-electron chi connectivity index (χ2n) is 4.41. The number of hydrogen-bond acceptors (Lipinski definition) is 1. The number of benzene rings is 2. The van der Waals surface area contributed by atoms with Crippen LogP contribution in [0.2, 0.25) is 10.0 Å². The molecule has 0 amide bonds. The van der Waals surface area contributed by atoms with Gasteiger partial charge in [0.05, 0.1) is 5.02 Å². The van der Waals surface area contributed by atoms with Crippen molar-refractivity contribution in [3.63, 3.8) is 0 Å². The van der Waals surface area contributed by atoms with Crippen LogP contribution in [0.1, 0.15) is 24.1 Å². The Morgan fingerprint density at radius 3 is 2.63 bits per heavy atom. The molecule has 0 radical (unpaired) electrons. The SMILES string of the molecule is C[C@H](NCc1ccc(Cl)c(Br)c1)c1cccc(Cl)c1. The van der Waals surface area contributed by atoms with Crippen molar-refractivity contribution in [3.8, 4) is 0 Å². The molecule has 0 aromatic heterocycles. The summed E-state index contributed by atoms with van der Waals surface area (Å²) in [6, 6.07) is 14.1. The summed E-state index contributed by atoms with van der Waals surface area (Å²) >= 11 is 15.4. The summed E-state index contributed by atoms with van der Waals surface area (Å²) in [7, 11) is 0. The Hall–Kier alpha value is -0.540. The highest BCUT2D eigenvalue weighted by Gasteiger charge is 2.06. The molecule has 0 unspecified atom stereocenters. The van der Waals surface area contributed by atoms with Gasteiger partial charge in [0.15, 0.2) is 0 Å². The lowest BCUT2D eigenvalue weighted by atomic mass is 10.1. The molecule has 1 nitrogen and oxygen atoms in total. The first-order valence-electron chi connectivity index (χ1n) is 5.99. The second kappa shape index (κ2) is 6.76. The lowest BCUT2D eigenvalue weighted by molar-refractivity contribution is 0.574. The lowest BCUT2D eigenvalue weighted by Crippen LogP contribution is -2.18. The van der Waals surface area contributed by atoms with Crippen LogP contribution in [0.25, 0.3) is 0 Å². The van der Waals surface area contributed by atoms with E-state index in [1.165, 1.54) is 11.1 Å². The zero-order valence-corrected chi connectivity index (χ0v) is 13.6. The summed E-state index contributed by atoms with van der Waals surface area (Å²) < 4.78 is 0.920. The minimum atomic E-state index is 0.244. The van der Waals surface area contributed by atoms with Gasteiger partial charge in [0, 0.05) is 22.1 Å². The van der Waals surface area contributed by atoms with Crippen LogP contribution >= 0.6 is 39.1 Å². The Bertz CT molecular complexity index is 572. The van der Waals surface area contributed by atoms with Crippen molar-refractivity contribution in [2.45, 2.75) is 19.5 Å². The lowest BCUT2D eigenvalue weighted by Gasteiger charge is -2.15. The molecule has 1 atom stereocenters. The van der Waals surface area contributed by atoms with Crippen LogP contribution in [0, 0.1) is 0 Å². The van der Waals surface area contributed by atoms with Gasteiger partial charge in [-0.1, -0.05) is 41.4 Å². The van der Waals surface area contributed by atoms with E-state index >= 15 is 0 Å². The molecule has 1 N–H and O–H groups in total. The van der Waals surface area contributed by atoms with E-state index in [1.807, 2.05) is 36.4 Å². The van der Waals surface area contributed by atoms with Gasteiger partial charge in [0.1, 0.15) is 0 Å². The van der Waals surface area contributed by atoms with Crippen molar-refractivity contribution >= 4 is 39.1 Å². The molecule has 0 aliphatic carbocycles. The van der Waals surface area contributed by atoms with Crippen LogP contribution in [0.4, 0.5) is 0 Å². The van der Waals surface area contributed by atoms with Crippen LogP contribution in [0.3, 0.4) is 0 Å². The normalized spacial score (nSPS) is 12.4. The fraction of sp³-hybridized carbons (Fsp3) is 0.200. The van der Waals surface area contributed by atoms with Crippen molar-refractivity contribution in [3.05, 3.63) is 68.1 Å². The molecule has 0 bridgehead atoms. The van der Waals surface area contributed by atoms with E-state index in [2.05, 4.69) is 34.2 Å². The van der Waals surface area contributed by atoms with Crippen LogP contribution in [-0.4, -0.2) is 0 Å². The first-order valence-corrected chi connectivity index (χ1v) is 7.54. The summed E-state index contributed by atoms with van der Waals surface area (Å²) in [5.41, 5.74) is 2.37. The molecule has 2 aromatic rings. The Labute approximate surface area is 132 Å². The fourth-order valence-electron chi connectivity index (χ4n) is 1.81. The van der Waals surface area contributed by atoms with E-state index in [0.29, 0.717) is 0 Å². The first kappa shape index (κ1) is 14.9. The molecule has 2 aromatic carbocycles. The zero-order chi connectivity index (χ0) is 13.8. The number of nitrogens with one attached hydrogen (secondary N) is 1. The van der Waals surface area contributed by atoms with Crippen molar-refractivity contribution in [2.24, 2.45) is 0 Å². The maximum absolute atomic E-state index is 6.00. The third-order valence-electron chi connectivity index (χ3n) is 2.95. The van der Waals surface area contributed by atoms with Crippen molar-refractivity contribution in [2.75, 3.05) is 0 Å². The molecule has 19 heavy (non-hydrogen) atoms. The molecule has 2 rings (SSSR count). The van der Waals surface area contributed by atoms with Gasteiger partial charge < -0.3 is 5.32 Å². The average Bonchev–Trinajstić information content (AvgIpc) is 2.40. The van der Waals surface area contributed by atoms with E-state index in [4.69, 9.17) is 23.2 Å². The Morgan fingerprint density at radius 2 is 1.95 bits per heavy atom. The molecule has 0 saturated carbocycles. The summed E-state index contributed by atoms with van der Waals surface area (Å²) in [5, 5.41) is 4.96. The Balaban J connectivity index is 2.00. The third kappa shape index (κ3) is 4.22. The average molecular weight is 359 g/mol. The zero-order valence-electron chi connectivity index (χ0n) is 10.5. The fourth-order valence-corrected chi connectivity index (χ4v) is 2.56. The topological polar surface area (TPSA) is 12.0 Å². The minimum Gasteiger partial charge on any atom is -0.306 e. The highest BCUT2D eigenvalue weighted by Crippen LogP contribution is 2.24. The van der Waals surface area contributed by atoms with Crippen molar-refractivity contribution in [1.82, 2.24) is 5.32 Å². The van der Waals surface area contributed by atoms with Gasteiger partial charge in [0.25, 0.3) is 0 Å². The molecule has 0 spiro atoms. The van der Waals surface area contributed by atoms with Crippen LogP contribution in [0.15, 0.2) is 46.9 Å². The molecule has 0 heterocycles. The summed E-state index contributed by atoms with van der Waals surface area (Å²) in [6.45, 7) is 2.90. The smallest absolute Gasteiger partial charge is 0.0548 e. The molecule has 100 valence electrons. The summed E-state index contributed by atoms with van der Waals surface area (Å²) in [5.74, 6) is 0. The van der Waals surface area contributed by atoms with Crippen LogP contribution < -0.4 is 5.32 Å². The maximum atomic E-state index is 6.00. The predicted octanol–water partition coefficient (Wildman–Crippen LogP) is 5.61. The monoisotopic (exact) mass is 357 g/mol. The van der Waals surface area contributed by atoms with E-state index < -0.39 is 0 Å². The number of halogens is 3. The van der Waals surface area contributed by atoms with E-state index in [-0.39, 0.29) is 6.04 Å².